The summed E-state index contributed by atoms with van der Waals surface area (Å²) in [4.78, 5) is 21.0. The number of hydrogen-bond acceptors (Lipinski definition) is 4. The molecule has 8 heteroatoms. The first-order valence-corrected chi connectivity index (χ1v) is 9.99. The Morgan fingerprint density at radius 3 is 2.25 bits per heavy atom. The van der Waals surface area contributed by atoms with Gasteiger partial charge in [0.05, 0.1) is 35.3 Å². The molecule has 0 saturated carbocycles. The van der Waals surface area contributed by atoms with Crippen LogP contribution in [0.4, 0.5) is 30.2 Å². The monoisotopic (exact) mass is 441 g/mol. The number of carbonyl (C=O) groups is 1. The number of rotatable bonds is 3. The summed E-state index contributed by atoms with van der Waals surface area (Å²) >= 11 is 0. The number of halogens is 3. The molecule has 0 spiro atoms. The number of alkyl halides is 3. The third-order valence-corrected chi connectivity index (χ3v) is 5.55. The van der Waals surface area contributed by atoms with E-state index in [2.05, 4.69) is 4.98 Å². The van der Waals surface area contributed by atoms with Gasteiger partial charge in [0.2, 0.25) is 5.88 Å². The summed E-state index contributed by atoms with van der Waals surface area (Å²) < 4.78 is 45.5. The van der Waals surface area contributed by atoms with E-state index in [1.54, 1.807) is 24.0 Å². The quantitative estimate of drug-likeness (QED) is 0.516. The van der Waals surface area contributed by atoms with Gasteiger partial charge >= 0.3 is 6.18 Å². The van der Waals surface area contributed by atoms with Crippen molar-refractivity contribution < 1.29 is 22.7 Å². The molecule has 5 nitrogen and oxygen atoms in total. The Kier molecular flexibility index (Phi) is 5.32. The van der Waals surface area contributed by atoms with Gasteiger partial charge in [-0.3, -0.25) is 9.69 Å². The summed E-state index contributed by atoms with van der Waals surface area (Å²) in [5, 5.41) is 0. The van der Waals surface area contributed by atoms with Gasteiger partial charge < -0.3 is 9.64 Å². The van der Waals surface area contributed by atoms with Gasteiger partial charge in [-0.05, 0) is 56.7 Å². The molecule has 1 aromatic heterocycles. The number of ether oxygens (including phenoxy) is 1. The maximum Gasteiger partial charge on any atom is 0.416 e. The van der Waals surface area contributed by atoms with Gasteiger partial charge in [-0.1, -0.05) is 17.7 Å². The molecule has 0 unspecified atom stereocenters. The second-order valence-corrected chi connectivity index (χ2v) is 7.78. The average molecular weight is 441 g/mol. The first-order chi connectivity index (χ1) is 15.1. The van der Waals surface area contributed by atoms with E-state index < -0.39 is 11.7 Å². The Labute approximate surface area is 184 Å². The summed E-state index contributed by atoms with van der Waals surface area (Å²) in [5.41, 5.74) is 3.43. The van der Waals surface area contributed by atoms with Crippen LogP contribution in [0.1, 0.15) is 32.7 Å². The highest BCUT2D eigenvalue weighted by Gasteiger charge is 2.37. The summed E-state index contributed by atoms with van der Waals surface area (Å²) in [7, 11) is 1.50. The Hall–Kier alpha value is -3.55. The third-order valence-electron chi connectivity index (χ3n) is 5.55. The van der Waals surface area contributed by atoms with Gasteiger partial charge in [-0.25, -0.2) is 4.98 Å². The van der Waals surface area contributed by atoms with E-state index in [0.29, 0.717) is 17.3 Å². The fraction of sp³-hybridized carbons (Fsp3) is 0.250. The topological polar surface area (TPSA) is 45.7 Å². The molecule has 3 aromatic rings. The molecule has 32 heavy (non-hydrogen) atoms. The molecule has 0 N–H and O–H groups in total. The number of benzene rings is 2. The first kappa shape index (κ1) is 21.7. The molecule has 0 radical (unpaired) electrons. The second-order valence-electron chi connectivity index (χ2n) is 7.78. The van der Waals surface area contributed by atoms with Crippen molar-refractivity contribution in [3.05, 3.63) is 76.5 Å². The number of methoxy groups -OCH3 is 1. The summed E-state index contributed by atoms with van der Waals surface area (Å²) in [5.74, 6) is 0.0296. The number of hydrogen-bond donors (Lipinski definition) is 0. The van der Waals surface area contributed by atoms with Gasteiger partial charge in [0, 0.05) is 11.8 Å². The van der Waals surface area contributed by atoms with Crippen LogP contribution in [0, 0.1) is 20.8 Å². The van der Waals surface area contributed by atoms with E-state index in [9.17, 15) is 18.0 Å². The number of anilines is 3. The van der Waals surface area contributed by atoms with Crippen LogP contribution >= 0.6 is 0 Å². The van der Waals surface area contributed by atoms with Gasteiger partial charge in [0.1, 0.15) is 6.67 Å². The van der Waals surface area contributed by atoms with Crippen molar-refractivity contribution in [2.24, 2.45) is 0 Å². The van der Waals surface area contributed by atoms with Gasteiger partial charge in [-0.2, -0.15) is 13.2 Å². The van der Waals surface area contributed by atoms with E-state index >= 15 is 0 Å². The van der Waals surface area contributed by atoms with Crippen LogP contribution in [0.25, 0.3) is 0 Å². The lowest BCUT2D eigenvalue weighted by atomic mass is 10.0. The maximum absolute atomic E-state index is 13.4. The molecule has 0 atom stereocenters. The fourth-order valence-corrected chi connectivity index (χ4v) is 3.97. The van der Waals surface area contributed by atoms with Crippen LogP contribution in [0.15, 0.2) is 48.5 Å². The van der Waals surface area contributed by atoms with Crippen molar-refractivity contribution in [1.82, 2.24) is 4.98 Å². The Bertz CT molecular complexity index is 1210. The molecule has 1 aliphatic heterocycles. The van der Waals surface area contributed by atoms with Crippen molar-refractivity contribution >= 4 is 23.0 Å². The van der Waals surface area contributed by atoms with Gasteiger partial charge in [0.15, 0.2) is 0 Å². The zero-order valence-corrected chi connectivity index (χ0v) is 18.1. The van der Waals surface area contributed by atoms with E-state index in [-0.39, 0.29) is 23.8 Å². The van der Waals surface area contributed by atoms with E-state index in [0.717, 1.165) is 28.9 Å². The van der Waals surface area contributed by atoms with Crippen molar-refractivity contribution in [2.75, 3.05) is 23.6 Å². The Morgan fingerprint density at radius 1 is 0.906 bits per heavy atom. The van der Waals surface area contributed by atoms with Crippen LogP contribution in [-0.4, -0.2) is 24.7 Å². The highest BCUT2D eigenvalue weighted by atomic mass is 19.4. The number of amides is 1. The van der Waals surface area contributed by atoms with Crippen LogP contribution in [0.5, 0.6) is 5.88 Å². The normalized spacial score (nSPS) is 13.9. The highest BCUT2D eigenvalue weighted by molar-refractivity contribution is 6.13. The molecule has 0 saturated heterocycles. The Balaban J connectivity index is 1.90. The number of aromatic nitrogens is 1. The second kappa shape index (κ2) is 7.85. The lowest BCUT2D eigenvalue weighted by molar-refractivity contribution is -0.137. The maximum atomic E-state index is 13.4. The lowest BCUT2D eigenvalue weighted by Gasteiger charge is -2.39. The third kappa shape index (κ3) is 3.77. The summed E-state index contributed by atoms with van der Waals surface area (Å²) in [6.07, 6.45) is -4.51. The van der Waals surface area contributed by atoms with Crippen molar-refractivity contribution in [3.8, 4) is 5.88 Å². The van der Waals surface area contributed by atoms with Gasteiger partial charge in [0.25, 0.3) is 5.91 Å². The largest absolute Gasteiger partial charge is 0.481 e. The first-order valence-electron chi connectivity index (χ1n) is 9.99. The minimum absolute atomic E-state index is 0.0475. The molecule has 0 bridgehead atoms. The zero-order chi connectivity index (χ0) is 23.2. The number of nitrogens with zero attached hydrogens (tertiary/aromatic N) is 3. The number of carbonyl (C=O) groups excluding carboxylic acids is 1. The van der Waals surface area contributed by atoms with Crippen LogP contribution in [0.2, 0.25) is 0 Å². The van der Waals surface area contributed by atoms with Gasteiger partial charge in [-0.15, -0.1) is 0 Å². The van der Waals surface area contributed by atoms with Crippen molar-refractivity contribution in [2.45, 2.75) is 26.9 Å². The average Bonchev–Trinajstić information content (AvgIpc) is 2.74. The molecule has 4 rings (SSSR count). The van der Waals surface area contributed by atoms with Crippen molar-refractivity contribution in [1.29, 1.82) is 0 Å². The SMILES string of the molecule is COc1ccc(N2CN(c3ccc(C)cc3C)c3cc(C(F)(F)F)ccc3C2=O)c(C)n1. The number of aryl methyl sites for hydroxylation is 3. The Morgan fingerprint density at radius 2 is 1.62 bits per heavy atom. The van der Waals surface area contributed by atoms with Crippen molar-refractivity contribution in [3.63, 3.8) is 0 Å². The van der Waals surface area contributed by atoms with Crippen LogP contribution in [-0.2, 0) is 6.18 Å². The number of pyridine rings is 1. The molecule has 0 aliphatic carbocycles. The molecule has 1 amide bonds. The van der Waals surface area contributed by atoms with E-state index in [4.69, 9.17) is 4.74 Å². The fourth-order valence-electron chi connectivity index (χ4n) is 3.97. The number of fused-ring (bicyclic) bond motifs is 1. The summed E-state index contributed by atoms with van der Waals surface area (Å²) in [6, 6.07) is 12.3. The molecule has 0 fully saturated rings. The predicted octanol–water partition coefficient (Wildman–Crippen LogP) is 5.79. The molecule has 1 aliphatic rings. The van der Waals surface area contributed by atoms with E-state index in [1.165, 1.54) is 18.1 Å². The predicted molar refractivity (Wildman–Crippen MR) is 117 cm³/mol. The molecule has 2 aromatic carbocycles. The molecule has 166 valence electrons. The molecule has 2 heterocycles. The van der Waals surface area contributed by atoms with Crippen LogP contribution < -0.4 is 14.5 Å². The van der Waals surface area contributed by atoms with Crippen LogP contribution in [0.3, 0.4) is 0 Å². The highest BCUT2D eigenvalue weighted by Crippen LogP contribution is 2.41. The smallest absolute Gasteiger partial charge is 0.416 e. The standard InChI is InChI=1S/C24H22F3N3O2/c1-14-5-8-19(15(2)11-14)29-13-30(20-9-10-22(32-4)28-16(20)3)23(31)18-7-6-17(12-21(18)29)24(25,26)27/h5-12H,13H2,1-4H3. The minimum Gasteiger partial charge on any atom is -0.481 e. The zero-order valence-electron chi connectivity index (χ0n) is 18.1. The molecular weight excluding hydrogens is 419 g/mol. The summed E-state index contributed by atoms with van der Waals surface area (Å²) in [6.45, 7) is 5.65. The minimum atomic E-state index is -4.51. The molecular formula is C24H22F3N3O2. The van der Waals surface area contributed by atoms with E-state index in [1.807, 2.05) is 32.0 Å². The lowest BCUT2D eigenvalue weighted by Crippen LogP contribution is -2.45.